The molecule has 1 aromatic carbocycles. The molecule has 6 nitrogen and oxygen atoms in total. The molecule has 0 aromatic heterocycles. The molecule has 1 aromatic rings. The molecule has 1 heterocycles. The van der Waals surface area contributed by atoms with E-state index in [1.165, 1.54) is 0 Å². The van der Waals surface area contributed by atoms with E-state index in [0.29, 0.717) is 19.8 Å². The Morgan fingerprint density at radius 3 is 2.36 bits per heavy atom. The number of ether oxygens (including phenoxy) is 2. The van der Waals surface area contributed by atoms with E-state index in [1.54, 1.807) is 7.11 Å². The molecule has 0 saturated carbocycles. The van der Waals surface area contributed by atoms with E-state index in [9.17, 15) is 9.90 Å². The molecule has 0 spiro atoms. The van der Waals surface area contributed by atoms with Crippen molar-refractivity contribution in [1.29, 1.82) is 0 Å². The molecule has 1 atom stereocenters. The summed E-state index contributed by atoms with van der Waals surface area (Å²) in [5.74, 6) is 1.07. The minimum Gasteiger partial charge on any atom is -0.497 e. The number of nitrogens with zero attached hydrogens (tertiary/aromatic N) is 2. The molecule has 0 aliphatic carbocycles. The van der Waals surface area contributed by atoms with Crippen molar-refractivity contribution in [3.8, 4) is 5.75 Å². The zero-order valence-electron chi connectivity index (χ0n) is 15.5. The molecule has 1 unspecified atom stereocenters. The molecule has 6 heteroatoms. The highest BCUT2D eigenvalue weighted by atomic mass is 16.5. The van der Waals surface area contributed by atoms with Crippen molar-refractivity contribution in [2.24, 2.45) is 5.92 Å². The zero-order chi connectivity index (χ0) is 18.2. The molecule has 1 aliphatic rings. The van der Waals surface area contributed by atoms with Gasteiger partial charge in [0, 0.05) is 38.6 Å². The lowest BCUT2D eigenvalue weighted by Crippen LogP contribution is -2.51. The summed E-state index contributed by atoms with van der Waals surface area (Å²) < 4.78 is 10.7. The van der Waals surface area contributed by atoms with Crippen molar-refractivity contribution in [2.45, 2.75) is 26.6 Å². The van der Waals surface area contributed by atoms with Crippen LogP contribution in [0.2, 0.25) is 0 Å². The molecule has 1 aliphatic heterocycles. The van der Waals surface area contributed by atoms with Crippen molar-refractivity contribution in [3.05, 3.63) is 29.8 Å². The molecule has 1 N–H and O–H groups in total. The fraction of sp³-hybridized carbons (Fsp3) is 0.632. The Morgan fingerprint density at radius 2 is 1.80 bits per heavy atom. The molecule has 1 amide bonds. The molecule has 25 heavy (non-hydrogen) atoms. The number of aliphatic hydroxyl groups is 1. The SMILES string of the molecule is COc1ccc(COCC(O)CN2CCN(C(=O)C(C)C)CC2)cc1. The van der Waals surface area contributed by atoms with Crippen molar-refractivity contribution in [3.63, 3.8) is 0 Å². The topological polar surface area (TPSA) is 62.2 Å². The highest BCUT2D eigenvalue weighted by molar-refractivity contribution is 5.78. The summed E-state index contributed by atoms with van der Waals surface area (Å²) in [6.07, 6.45) is -0.523. The maximum Gasteiger partial charge on any atom is 0.225 e. The van der Waals surface area contributed by atoms with Crippen molar-refractivity contribution in [1.82, 2.24) is 9.80 Å². The van der Waals surface area contributed by atoms with E-state index in [-0.39, 0.29) is 11.8 Å². The first-order valence-electron chi connectivity index (χ1n) is 8.89. The number of hydrogen-bond acceptors (Lipinski definition) is 5. The van der Waals surface area contributed by atoms with Crippen LogP contribution >= 0.6 is 0 Å². The van der Waals surface area contributed by atoms with Crippen molar-refractivity contribution < 1.29 is 19.4 Å². The van der Waals surface area contributed by atoms with Crippen LogP contribution in [0.1, 0.15) is 19.4 Å². The van der Waals surface area contributed by atoms with E-state index < -0.39 is 6.10 Å². The smallest absolute Gasteiger partial charge is 0.225 e. The Morgan fingerprint density at radius 1 is 1.16 bits per heavy atom. The molecule has 140 valence electrons. The van der Waals surface area contributed by atoms with E-state index in [0.717, 1.165) is 37.5 Å². The van der Waals surface area contributed by atoms with Gasteiger partial charge in [0.15, 0.2) is 0 Å². The van der Waals surface area contributed by atoms with Crippen LogP contribution in [0.4, 0.5) is 0 Å². The Bertz CT molecular complexity index is 525. The van der Waals surface area contributed by atoms with Crippen LogP contribution in [0, 0.1) is 5.92 Å². The third kappa shape index (κ3) is 6.30. The van der Waals surface area contributed by atoms with Gasteiger partial charge in [0.05, 0.1) is 26.4 Å². The average molecular weight is 350 g/mol. The zero-order valence-corrected chi connectivity index (χ0v) is 15.5. The molecular weight excluding hydrogens is 320 g/mol. The van der Waals surface area contributed by atoms with Gasteiger partial charge in [0.1, 0.15) is 5.75 Å². The number of rotatable bonds is 8. The number of amides is 1. The lowest BCUT2D eigenvalue weighted by atomic mass is 10.1. The predicted octanol–water partition coefficient (Wildman–Crippen LogP) is 1.37. The van der Waals surface area contributed by atoms with Gasteiger partial charge >= 0.3 is 0 Å². The third-order valence-electron chi connectivity index (χ3n) is 4.38. The minimum atomic E-state index is -0.523. The highest BCUT2D eigenvalue weighted by Crippen LogP contribution is 2.12. The summed E-state index contributed by atoms with van der Waals surface area (Å²) in [5, 5.41) is 10.2. The number of aliphatic hydroxyl groups excluding tert-OH is 1. The normalized spacial score (nSPS) is 16.9. The fourth-order valence-corrected chi connectivity index (χ4v) is 2.90. The number of methoxy groups -OCH3 is 1. The largest absolute Gasteiger partial charge is 0.497 e. The number of carbonyl (C=O) groups is 1. The van der Waals surface area contributed by atoms with E-state index in [2.05, 4.69) is 4.90 Å². The van der Waals surface area contributed by atoms with Crippen LogP contribution in [0.5, 0.6) is 5.75 Å². The molecular formula is C19H30N2O4. The molecule has 1 fully saturated rings. The Kier molecular flexibility index (Phi) is 7.68. The Balaban J connectivity index is 1.64. The number of benzene rings is 1. The van der Waals surface area contributed by atoms with Crippen LogP contribution in [0.15, 0.2) is 24.3 Å². The standard InChI is InChI=1S/C19H30N2O4/c1-15(2)19(23)21-10-8-20(9-11-21)12-17(22)14-25-13-16-4-6-18(24-3)7-5-16/h4-7,15,17,22H,8-14H2,1-3H3. The first kappa shape index (κ1) is 19.7. The summed E-state index contributed by atoms with van der Waals surface area (Å²) in [7, 11) is 1.64. The van der Waals surface area contributed by atoms with Gasteiger partial charge in [0.25, 0.3) is 0 Å². The number of hydrogen-bond donors (Lipinski definition) is 1. The summed E-state index contributed by atoms with van der Waals surface area (Å²) in [4.78, 5) is 16.1. The van der Waals surface area contributed by atoms with E-state index in [1.807, 2.05) is 43.0 Å². The van der Waals surface area contributed by atoms with Gasteiger partial charge < -0.3 is 19.5 Å². The van der Waals surface area contributed by atoms with Gasteiger partial charge in [-0.1, -0.05) is 26.0 Å². The molecule has 1 saturated heterocycles. The number of carbonyl (C=O) groups excluding carboxylic acids is 1. The van der Waals surface area contributed by atoms with Gasteiger partial charge in [-0.15, -0.1) is 0 Å². The van der Waals surface area contributed by atoms with Gasteiger partial charge in [-0.3, -0.25) is 9.69 Å². The van der Waals surface area contributed by atoms with Crippen LogP contribution < -0.4 is 4.74 Å². The average Bonchev–Trinajstić information content (AvgIpc) is 2.62. The molecule has 0 bridgehead atoms. The van der Waals surface area contributed by atoms with Gasteiger partial charge in [-0.05, 0) is 17.7 Å². The van der Waals surface area contributed by atoms with E-state index in [4.69, 9.17) is 9.47 Å². The Hall–Kier alpha value is -1.63. The summed E-state index contributed by atoms with van der Waals surface area (Å²) >= 11 is 0. The van der Waals surface area contributed by atoms with Gasteiger partial charge in [0.2, 0.25) is 5.91 Å². The third-order valence-corrected chi connectivity index (χ3v) is 4.38. The quantitative estimate of drug-likeness (QED) is 0.767. The number of β-amino-alcohol motifs (C(OH)–C–C–N with tert-alkyl or cyclic N) is 1. The minimum absolute atomic E-state index is 0.0449. The van der Waals surface area contributed by atoms with Crippen molar-refractivity contribution >= 4 is 5.91 Å². The maximum absolute atomic E-state index is 12.0. The second kappa shape index (κ2) is 9.75. The fourth-order valence-electron chi connectivity index (χ4n) is 2.90. The molecule has 0 radical (unpaired) electrons. The lowest BCUT2D eigenvalue weighted by Gasteiger charge is -2.36. The Labute approximate surface area is 150 Å². The maximum atomic E-state index is 12.0. The van der Waals surface area contributed by atoms with Crippen LogP contribution in [0.3, 0.4) is 0 Å². The first-order valence-corrected chi connectivity index (χ1v) is 8.89. The lowest BCUT2D eigenvalue weighted by molar-refractivity contribution is -0.136. The first-order chi connectivity index (χ1) is 12.0. The highest BCUT2D eigenvalue weighted by Gasteiger charge is 2.23. The second-order valence-corrected chi connectivity index (χ2v) is 6.80. The van der Waals surface area contributed by atoms with Crippen LogP contribution in [-0.2, 0) is 16.1 Å². The van der Waals surface area contributed by atoms with E-state index >= 15 is 0 Å². The van der Waals surface area contributed by atoms with Gasteiger partial charge in [-0.2, -0.15) is 0 Å². The predicted molar refractivity (Wildman–Crippen MR) is 96.5 cm³/mol. The molecule has 2 rings (SSSR count). The summed E-state index contributed by atoms with van der Waals surface area (Å²) in [6.45, 7) is 8.27. The second-order valence-electron chi connectivity index (χ2n) is 6.80. The monoisotopic (exact) mass is 350 g/mol. The van der Waals surface area contributed by atoms with Crippen LogP contribution in [-0.4, -0.2) is 73.4 Å². The summed E-state index contributed by atoms with van der Waals surface area (Å²) in [6, 6.07) is 7.70. The van der Waals surface area contributed by atoms with Crippen molar-refractivity contribution in [2.75, 3.05) is 46.4 Å². The summed E-state index contributed by atoms with van der Waals surface area (Å²) in [5.41, 5.74) is 1.05. The van der Waals surface area contributed by atoms with Gasteiger partial charge in [-0.25, -0.2) is 0 Å². The number of piperazine rings is 1. The van der Waals surface area contributed by atoms with Crippen LogP contribution in [0.25, 0.3) is 0 Å².